The average Bonchev–Trinajstić information content (AvgIpc) is 1.85. The SMILES string of the molecule is CCCCCCCS(=O)(=O)O.[KH]. The summed E-state index contributed by atoms with van der Waals surface area (Å²) in [5.74, 6) is -0.0866. The molecule has 0 saturated carbocycles. The number of hydrogen-bond donors (Lipinski definition) is 1. The van der Waals surface area contributed by atoms with Crippen LogP contribution >= 0.6 is 0 Å². The minimum absolute atomic E-state index is 0. The molecule has 70 valence electrons. The maximum atomic E-state index is 10.2. The third kappa shape index (κ3) is 14.1. The van der Waals surface area contributed by atoms with Gasteiger partial charge >= 0.3 is 51.4 Å². The van der Waals surface area contributed by atoms with Crippen LogP contribution in [0.2, 0.25) is 0 Å². The molecule has 0 aromatic heterocycles. The number of rotatable bonds is 6. The molecule has 3 nitrogen and oxygen atoms in total. The van der Waals surface area contributed by atoms with Gasteiger partial charge in [-0.1, -0.05) is 32.6 Å². The van der Waals surface area contributed by atoms with Gasteiger partial charge in [-0.05, 0) is 6.42 Å². The second-order valence-electron chi connectivity index (χ2n) is 2.70. The van der Waals surface area contributed by atoms with Gasteiger partial charge in [0.15, 0.2) is 0 Å². The van der Waals surface area contributed by atoms with E-state index in [1.54, 1.807) is 0 Å². The van der Waals surface area contributed by atoms with Gasteiger partial charge in [-0.25, -0.2) is 0 Å². The van der Waals surface area contributed by atoms with E-state index >= 15 is 0 Å². The average molecular weight is 220 g/mol. The van der Waals surface area contributed by atoms with Gasteiger partial charge in [-0.3, -0.25) is 4.55 Å². The van der Waals surface area contributed by atoms with E-state index in [1.165, 1.54) is 0 Å². The van der Waals surface area contributed by atoms with Gasteiger partial charge in [0.25, 0.3) is 10.1 Å². The Morgan fingerprint density at radius 1 is 1.08 bits per heavy atom. The Balaban J connectivity index is 0. The second-order valence-corrected chi connectivity index (χ2v) is 4.27. The van der Waals surface area contributed by atoms with E-state index in [1.807, 2.05) is 0 Å². The van der Waals surface area contributed by atoms with Crippen molar-refractivity contribution in [3.63, 3.8) is 0 Å². The van der Waals surface area contributed by atoms with E-state index < -0.39 is 10.1 Å². The van der Waals surface area contributed by atoms with E-state index in [-0.39, 0.29) is 57.1 Å². The molecule has 0 fully saturated rings. The summed E-state index contributed by atoms with van der Waals surface area (Å²) >= 11 is 0. The quantitative estimate of drug-likeness (QED) is 0.416. The first kappa shape index (κ1) is 16.0. The van der Waals surface area contributed by atoms with Crippen molar-refractivity contribution in [1.29, 1.82) is 0 Å². The van der Waals surface area contributed by atoms with Crippen LogP contribution in [-0.4, -0.2) is 70.1 Å². The molecule has 0 aliphatic rings. The van der Waals surface area contributed by atoms with E-state index in [2.05, 4.69) is 6.92 Å². The van der Waals surface area contributed by atoms with Crippen LogP contribution < -0.4 is 0 Å². The zero-order valence-corrected chi connectivity index (χ0v) is 7.73. The van der Waals surface area contributed by atoms with Crippen molar-refractivity contribution < 1.29 is 13.0 Å². The number of unbranched alkanes of at least 4 members (excludes halogenated alkanes) is 4. The van der Waals surface area contributed by atoms with Gasteiger partial charge in [0, 0.05) is 0 Å². The standard InChI is InChI=1S/C7H16O3S.K.H/c1-2-3-4-5-6-7-11(8,9)10;;/h2-7H2,1H3,(H,8,9,10);;. The summed E-state index contributed by atoms with van der Waals surface area (Å²) in [6, 6.07) is 0. The first-order valence-electron chi connectivity index (χ1n) is 4.01. The Morgan fingerprint density at radius 2 is 1.58 bits per heavy atom. The fraction of sp³-hybridized carbons (Fsp3) is 1.00. The third-order valence-electron chi connectivity index (χ3n) is 1.51. The zero-order chi connectivity index (χ0) is 8.74. The normalized spacial score (nSPS) is 10.8. The Bertz CT molecular complexity index is 177. The topological polar surface area (TPSA) is 54.4 Å². The van der Waals surface area contributed by atoms with E-state index in [4.69, 9.17) is 4.55 Å². The Labute approximate surface area is 117 Å². The summed E-state index contributed by atoms with van der Waals surface area (Å²) in [5, 5.41) is 0. The van der Waals surface area contributed by atoms with E-state index in [0.717, 1.165) is 25.7 Å². The minimum atomic E-state index is -3.71. The van der Waals surface area contributed by atoms with Crippen molar-refractivity contribution in [2.45, 2.75) is 39.0 Å². The summed E-state index contributed by atoms with van der Waals surface area (Å²) in [5.41, 5.74) is 0. The molecule has 0 spiro atoms. The summed E-state index contributed by atoms with van der Waals surface area (Å²) in [6.45, 7) is 2.10. The van der Waals surface area contributed by atoms with Crippen molar-refractivity contribution in [3.8, 4) is 0 Å². The van der Waals surface area contributed by atoms with Crippen LogP contribution in [-0.2, 0) is 10.1 Å². The molecule has 0 rings (SSSR count). The molecule has 0 atom stereocenters. The van der Waals surface area contributed by atoms with Gasteiger partial charge in [0.1, 0.15) is 0 Å². The van der Waals surface area contributed by atoms with Gasteiger partial charge in [0.2, 0.25) is 0 Å². The molecule has 0 amide bonds. The van der Waals surface area contributed by atoms with E-state index in [0.29, 0.717) is 6.42 Å². The van der Waals surface area contributed by atoms with Gasteiger partial charge in [-0.15, -0.1) is 0 Å². The molecule has 0 aromatic rings. The Hall–Kier alpha value is 1.55. The molecule has 1 N–H and O–H groups in total. The third-order valence-corrected chi connectivity index (χ3v) is 2.31. The van der Waals surface area contributed by atoms with Gasteiger partial charge < -0.3 is 0 Å². The van der Waals surface area contributed by atoms with Crippen molar-refractivity contribution in [1.82, 2.24) is 0 Å². The number of hydrogen-bond acceptors (Lipinski definition) is 2. The van der Waals surface area contributed by atoms with Crippen molar-refractivity contribution >= 4 is 61.5 Å². The molecule has 0 unspecified atom stereocenters. The summed E-state index contributed by atoms with van der Waals surface area (Å²) < 4.78 is 28.8. The molecule has 0 aliphatic carbocycles. The van der Waals surface area contributed by atoms with Crippen LogP contribution in [0.4, 0.5) is 0 Å². The zero-order valence-electron chi connectivity index (χ0n) is 6.91. The molecule has 0 saturated heterocycles. The molecule has 0 aliphatic heterocycles. The van der Waals surface area contributed by atoms with Crippen molar-refractivity contribution in [2.24, 2.45) is 0 Å². The van der Waals surface area contributed by atoms with Gasteiger partial charge in [-0.2, -0.15) is 8.42 Å². The summed E-state index contributed by atoms with van der Waals surface area (Å²) in [6.07, 6.45) is 4.83. The second kappa shape index (κ2) is 9.12. The van der Waals surface area contributed by atoms with E-state index in [9.17, 15) is 8.42 Å². The first-order chi connectivity index (χ1) is 5.06. The van der Waals surface area contributed by atoms with Gasteiger partial charge in [0.05, 0.1) is 5.75 Å². The summed E-state index contributed by atoms with van der Waals surface area (Å²) in [4.78, 5) is 0. The molecular formula is C7H17KO3S. The fourth-order valence-corrected chi connectivity index (χ4v) is 1.46. The fourth-order valence-electron chi connectivity index (χ4n) is 0.888. The predicted octanol–water partition coefficient (Wildman–Crippen LogP) is 1.20. The Morgan fingerprint density at radius 3 is 2.00 bits per heavy atom. The summed E-state index contributed by atoms with van der Waals surface area (Å²) in [7, 11) is -3.71. The van der Waals surface area contributed by atoms with Crippen LogP contribution in [0.15, 0.2) is 0 Å². The molecule has 0 radical (unpaired) electrons. The van der Waals surface area contributed by atoms with Crippen LogP contribution in [0.5, 0.6) is 0 Å². The molecule has 5 heteroatoms. The van der Waals surface area contributed by atoms with Crippen molar-refractivity contribution in [3.05, 3.63) is 0 Å². The first-order valence-corrected chi connectivity index (χ1v) is 5.62. The van der Waals surface area contributed by atoms with Crippen LogP contribution in [0, 0.1) is 0 Å². The predicted molar refractivity (Wildman–Crippen MR) is 52.3 cm³/mol. The Kier molecular flexibility index (Phi) is 12.1. The monoisotopic (exact) mass is 220 g/mol. The van der Waals surface area contributed by atoms with Crippen LogP contribution in [0.1, 0.15) is 39.0 Å². The molecule has 0 bridgehead atoms. The van der Waals surface area contributed by atoms with Crippen LogP contribution in [0.3, 0.4) is 0 Å². The van der Waals surface area contributed by atoms with Crippen molar-refractivity contribution in [2.75, 3.05) is 5.75 Å². The van der Waals surface area contributed by atoms with Crippen LogP contribution in [0.25, 0.3) is 0 Å². The molecular weight excluding hydrogens is 203 g/mol. The molecule has 0 aromatic carbocycles. The maximum absolute atomic E-state index is 10.2. The molecule has 12 heavy (non-hydrogen) atoms. The molecule has 0 heterocycles.